The van der Waals surface area contributed by atoms with Crippen molar-refractivity contribution >= 4 is 5.91 Å². The van der Waals surface area contributed by atoms with Crippen molar-refractivity contribution in [2.75, 3.05) is 6.54 Å². The van der Waals surface area contributed by atoms with E-state index in [-0.39, 0.29) is 5.91 Å². The van der Waals surface area contributed by atoms with Crippen molar-refractivity contribution in [2.45, 2.75) is 33.4 Å². The normalized spacial score (nSPS) is 10.7. The standard InChI is InChI=1S/C19H22N4O3/c1-14-17(15(2)26-22-14)12-25-18-7-4-3-6-16(18)19(24)21-8-5-10-23-11-9-20-13-23/h3-4,6-7,9,11,13H,5,8,10,12H2,1-2H3,(H,21,24). The van der Waals surface area contributed by atoms with Crippen LogP contribution in [0, 0.1) is 13.8 Å². The smallest absolute Gasteiger partial charge is 0.255 e. The monoisotopic (exact) mass is 354 g/mol. The number of nitrogens with one attached hydrogen (secondary N) is 1. The van der Waals surface area contributed by atoms with Gasteiger partial charge in [-0.15, -0.1) is 0 Å². The quantitative estimate of drug-likeness (QED) is 0.629. The number of hydrogen-bond acceptors (Lipinski definition) is 5. The van der Waals surface area contributed by atoms with Gasteiger partial charge in [0, 0.05) is 25.5 Å². The molecule has 0 unspecified atom stereocenters. The molecule has 26 heavy (non-hydrogen) atoms. The fourth-order valence-corrected chi connectivity index (χ4v) is 2.62. The predicted octanol–water partition coefficient (Wildman–Crippen LogP) is 2.89. The van der Waals surface area contributed by atoms with Crippen molar-refractivity contribution in [3.8, 4) is 5.75 Å². The molecule has 7 heteroatoms. The van der Waals surface area contributed by atoms with Crippen molar-refractivity contribution in [1.82, 2.24) is 20.0 Å². The predicted molar refractivity (Wildman–Crippen MR) is 95.9 cm³/mol. The summed E-state index contributed by atoms with van der Waals surface area (Å²) in [4.78, 5) is 16.5. The van der Waals surface area contributed by atoms with Gasteiger partial charge in [-0.3, -0.25) is 4.79 Å². The molecule has 0 saturated carbocycles. The van der Waals surface area contributed by atoms with Crippen LogP contribution in [0.5, 0.6) is 5.75 Å². The highest BCUT2D eigenvalue weighted by Gasteiger charge is 2.14. The van der Waals surface area contributed by atoms with E-state index in [0.717, 1.165) is 30.0 Å². The number of aromatic nitrogens is 3. The number of benzene rings is 1. The van der Waals surface area contributed by atoms with Gasteiger partial charge >= 0.3 is 0 Å². The first-order valence-electron chi connectivity index (χ1n) is 8.52. The Morgan fingerprint density at radius 1 is 1.31 bits per heavy atom. The van der Waals surface area contributed by atoms with E-state index in [0.29, 0.717) is 24.5 Å². The molecule has 0 bridgehead atoms. The van der Waals surface area contributed by atoms with Crippen molar-refractivity contribution < 1.29 is 14.1 Å². The topological polar surface area (TPSA) is 82.2 Å². The maximum atomic E-state index is 12.5. The average molecular weight is 354 g/mol. The number of hydrogen-bond donors (Lipinski definition) is 1. The minimum absolute atomic E-state index is 0.148. The molecule has 7 nitrogen and oxygen atoms in total. The fourth-order valence-electron chi connectivity index (χ4n) is 2.62. The van der Waals surface area contributed by atoms with Gasteiger partial charge in [0.15, 0.2) is 0 Å². The van der Waals surface area contributed by atoms with E-state index in [4.69, 9.17) is 9.26 Å². The van der Waals surface area contributed by atoms with Crippen LogP contribution < -0.4 is 10.1 Å². The van der Waals surface area contributed by atoms with Gasteiger partial charge in [0.2, 0.25) is 0 Å². The zero-order chi connectivity index (χ0) is 18.4. The molecule has 0 saturated heterocycles. The molecule has 3 aromatic rings. The molecule has 2 aromatic heterocycles. The number of aryl methyl sites for hydroxylation is 3. The molecule has 0 aliphatic heterocycles. The minimum atomic E-state index is -0.148. The van der Waals surface area contributed by atoms with Crippen LogP contribution in [-0.4, -0.2) is 27.2 Å². The molecule has 0 fully saturated rings. The second kappa shape index (κ2) is 8.33. The Hall–Kier alpha value is -3.09. The second-order valence-electron chi connectivity index (χ2n) is 6.00. The van der Waals surface area contributed by atoms with Crippen LogP contribution >= 0.6 is 0 Å². The number of nitrogens with zero attached hydrogens (tertiary/aromatic N) is 3. The third-order valence-corrected chi connectivity index (χ3v) is 4.12. The molecule has 0 atom stereocenters. The lowest BCUT2D eigenvalue weighted by Crippen LogP contribution is -2.25. The fraction of sp³-hybridized carbons (Fsp3) is 0.316. The van der Waals surface area contributed by atoms with Gasteiger partial charge in [0.1, 0.15) is 18.1 Å². The van der Waals surface area contributed by atoms with Crippen LogP contribution in [0.2, 0.25) is 0 Å². The van der Waals surface area contributed by atoms with Gasteiger partial charge in [-0.1, -0.05) is 17.3 Å². The zero-order valence-electron chi connectivity index (χ0n) is 14.9. The molecule has 0 radical (unpaired) electrons. The molecule has 136 valence electrons. The molecule has 1 aromatic carbocycles. The van der Waals surface area contributed by atoms with Crippen LogP contribution in [0.4, 0.5) is 0 Å². The zero-order valence-corrected chi connectivity index (χ0v) is 14.9. The summed E-state index contributed by atoms with van der Waals surface area (Å²) in [6.45, 7) is 5.41. The lowest BCUT2D eigenvalue weighted by Gasteiger charge is -2.12. The first-order valence-corrected chi connectivity index (χ1v) is 8.52. The third kappa shape index (κ3) is 4.30. The van der Waals surface area contributed by atoms with Gasteiger partial charge in [0.25, 0.3) is 5.91 Å². The van der Waals surface area contributed by atoms with E-state index in [2.05, 4.69) is 15.5 Å². The number of carbonyl (C=O) groups excluding carboxylic acids is 1. The van der Waals surface area contributed by atoms with Gasteiger partial charge < -0.3 is 19.1 Å². The Morgan fingerprint density at radius 3 is 2.88 bits per heavy atom. The van der Waals surface area contributed by atoms with Gasteiger partial charge in [-0.05, 0) is 32.4 Å². The molecule has 0 aliphatic carbocycles. The van der Waals surface area contributed by atoms with Crippen LogP contribution in [0.1, 0.15) is 33.8 Å². The summed E-state index contributed by atoms with van der Waals surface area (Å²) < 4.78 is 13.0. The van der Waals surface area contributed by atoms with Crippen molar-refractivity contribution in [3.05, 3.63) is 65.6 Å². The Balaban J connectivity index is 1.56. The molecule has 3 rings (SSSR count). The van der Waals surface area contributed by atoms with E-state index in [1.54, 1.807) is 24.7 Å². The summed E-state index contributed by atoms with van der Waals surface area (Å²) in [6.07, 6.45) is 6.23. The highest BCUT2D eigenvalue weighted by Crippen LogP contribution is 2.21. The number of rotatable bonds is 8. The Bertz CT molecular complexity index is 836. The van der Waals surface area contributed by atoms with Crippen LogP contribution in [0.25, 0.3) is 0 Å². The third-order valence-electron chi connectivity index (χ3n) is 4.12. The maximum Gasteiger partial charge on any atom is 0.255 e. The summed E-state index contributed by atoms with van der Waals surface area (Å²) >= 11 is 0. The van der Waals surface area contributed by atoms with E-state index in [1.807, 2.05) is 36.7 Å². The number of carbonyl (C=O) groups is 1. The summed E-state index contributed by atoms with van der Waals surface area (Å²) in [5, 5.41) is 6.85. The van der Waals surface area contributed by atoms with Crippen molar-refractivity contribution in [2.24, 2.45) is 0 Å². The van der Waals surface area contributed by atoms with E-state index >= 15 is 0 Å². The van der Waals surface area contributed by atoms with E-state index in [9.17, 15) is 4.79 Å². The van der Waals surface area contributed by atoms with Gasteiger partial charge in [0.05, 0.1) is 23.1 Å². The highest BCUT2D eigenvalue weighted by atomic mass is 16.5. The van der Waals surface area contributed by atoms with Gasteiger partial charge in [-0.25, -0.2) is 4.98 Å². The average Bonchev–Trinajstić information content (AvgIpc) is 3.27. The Morgan fingerprint density at radius 2 is 2.15 bits per heavy atom. The molecular formula is C19H22N4O3. The summed E-state index contributed by atoms with van der Waals surface area (Å²) in [5.41, 5.74) is 2.21. The summed E-state index contributed by atoms with van der Waals surface area (Å²) in [6, 6.07) is 7.22. The largest absolute Gasteiger partial charge is 0.488 e. The SMILES string of the molecule is Cc1noc(C)c1COc1ccccc1C(=O)NCCCn1ccnc1. The summed E-state index contributed by atoms with van der Waals surface area (Å²) in [5.74, 6) is 1.12. The van der Waals surface area contributed by atoms with Crippen molar-refractivity contribution in [1.29, 1.82) is 0 Å². The van der Waals surface area contributed by atoms with Crippen LogP contribution in [0.3, 0.4) is 0 Å². The minimum Gasteiger partial charge on any atom is -0.488 e. The van der Waals surface area contributed by atoms with Crippen molar-refractivity contribution in [3.63, 3.8) is 0 Å². The number of ether oxygens (including phenoxy) is 1. The lowest BCUT2D eigenvalue weighted by atomic mass is 10.1. The molecule has 2 heterocycles. The first-order chi connectivity index (χ1) is 12.6. The molecule has 0 spiro atoms. The Kier molecular flexibility index (Phi) is 5.68. The second-order valence-corrected chi connectivity index (χ2v) is 6.00. The first kappa shape index (κ1) is 17.7. The highest BCUT2D eigenvalue weighted by molar-refractivity contribution is 5.96. The Labute approximate surface area is 152 Å². The maximum absolute atomic E-state index is 12.5. The number of para-hydroxylation sites is 1. The molecule has 0 aliphatic rings. The number of imidazole rings is 1. The van der Waals surface area contributed by atoms with E-state index < -0.39 is 0 Å². The summed E-state index contributed by atoms with van der Waals surface area (Å²) in [7, 11) is 0. The number of amides is 1. The lowest BCUT2D eigenvalue weighted by molar-refractivity contribution is 0.0948. The molecular weight excluding hydrogens is 332 g/mol. The van der Waals surface area contributed by atoms with Crippen LogP contribution in [0.15, 0.2) is 47.5 Å². The van der Waals surface area contributed by atoms with Gasteiger partial charge in [-0.2, -0.15) is 0 Å². The molecule has 1 amide bonds. The van der Waals surface area contributed by atoms with E-state index in [1.165, 1.54) is 0 Å². The molecule has 1 N–H and O–H groups in total. The van der Waals surface area contributed by atoms with Crippen LogP contribution in [-0.2, 0) is 13.2 Å².